The molecule has 0 amide bonds. The lowest BCUT2D eigenvalue weighted by molar-refractivity contribution is -0.0979. The third-order valence-electron chi connectivity index (χ3n) is 2.39. The molecule has 0 aromatic rings. The summed E-state index contributed by atoms with van der Waals surface area (Å²) in [5.74, 6) is 0.862. The number of carbonyl (C=O) groups is 1. The van der Waals surface area contributed by atoms with E-state index >= 15 is 0 Å². The minimum atomic E-state index is 0.334. The van der Waals surface area contributed by atoms with E-state index in [0.29, 0.717) is 11.1 Å². The van der Waals surface area contributed by atoms with Crippen LogP contribution in [0.4, 0.5) is 0 Å². The van der Waals surface area contributed by atoms with E-state index in [-0.39, 0.29) is 0 Å². The van der Waals surface area contributed by atoms with Crippen LogP contribution in [0, 0.1) is 5.92 Å². The van der Waals surface area contributed by atoms with Gasteiger partial charge in [0.15, 0.2) is 0 Å². The zero-order valence-corrected chi connectivity index (χ0v) is 9.61. The van der Waals surface area contributed by atoms with Gasteiger partial charge in [-0.15, -0.1) is 0 Å². The normalized spacial score (nSPS) is 25.9. The van der Waals surface area contributed by atoms with Crippen molar-refractivity contribution in [1.29, 1.82) is 0 Å². The van der Waals surface area contributed by atoms with Gasteiger partial charge >= 0.3 is 0 Å². The molecular weight excluding hydrogens is 162 g/mol. The van der Waals surface area contributed by atoms with Crippen molar-refractivity contribution >= 4 is 6.79 Å². The maximum Gasteiger partial charge on any atom is 0.106 e. The van der Waals surface area contributed by atoms with Gasteiger partial charge in [0.2, 0.25) is 0 Å². The zero-order valence-electron chi connectivity index (χ0n) is 9.61. The van der Waals surface area contributed by atoms with Crippen molar-refractivity contribution in [3.05, 3.63) is 0 Å². The van der Waals surface area contributed by atoms with E-state index in [9.17, 15) is 0 Å². The van der Waals surface area contributed by atoms with Crippen molar-refractivity contribution < 1.29 is 4.79 Å². The predicted octanol–water partition coefficient (Wildman–Crippen LogP) is 2.38. The van der Waals surface area contributed by atoms with Gasteiger partial charge in [-0.2, -0.15) is 0 Å². The molecular formula is C11H23NO. The third-order valence-corrected chi connectivity index (χ3v) is 2.39. The molecule has 0 aliphatic carbocycles. The van der Waals surface area contributed by atoms with Crippen LogP contribution in [-0.4, -0.2) is 17.9 Å². The highest BCUT2D eigenvalue weighted by Crippen LogP contribution is 2.31. The average molecular weight is 185 g/mol. The van der Waals surface area contributed by atoms with E-state index in [1.165, 1.54) is 12.8 Å². The zero-order chi connectivity index (χ0) is 10.7. The molecule has 0 unspecified atom stereocenters. The summed E-state index contributed by atoms with van der Waals surface area (Å²) >= 11 is 0. The van der Waals surface area contributed by atoms with Crippen LogP contribution in [0.3, 0.4) is 0 Å². The summed E-state index contributed by atoms with van der Waals surface area (Å²) in [5.41, 5.74) is 0.669. The van der Waals surface area contributed by atoms with Gasteiger partial charge in [-0.25, -0.2) is 0 Å². The first-order chi connectivity index (χ1) is 5.81. The van der Waals surface area contributed by atoms with Gasteiger partial charge in [0.05, 0.1) is 0 Å². The van der Waals surface area contributed by atoms with Crippen LogP contribution < -0.4 is 5.32 Å². The van der Waals surface area contributed by atoms with Gasteiger partial charge in [-0.3, -0.25) is 0 Å². The molecule has 0 radical (unpaired) electrons. The van der Waals surface area contributed by atoms with E-state index in [4.69, 9.17) is 4.79 Å². The van der Waals surface area contributed by atoms with E-state index in [1.54, 1.807) is 0 Å². The summed E-state index contributed by atoms with van der Waals surface area (Å²) in [5, 5.41) is 3.66. The van der Waals surface area contributed by atoms with Crippen LogP contribution in [0.1, 0.15) is 47.5 Å². The number of carbonyl (C=O) groups excluding carboxylic acids is 1. The molecule has 1 aliphatic heterocycles. The number of hydrogen-bond donors (Lipinski definition) is 1. The number of rotatable bonds is 0. The Hall–Kier alpha value is -0.370. The topological polar surface area (TPSA) is 29.1 Å². The smallest absolute Gasteiger partial charge is 0.106 e. The third kappa shape index (κ3) is 4.41. The number of hydrogen-bond acceptors (Lipinski definition) is 2. The standard InChI is InChI=1S/C10H21N.CH2O/c1-8-6-9(2,3)11-10(4,5)7-8;1-2/h8,11H,6-7H2,1-5H3;1H2. The van der Waals surface area contributed by atoms with E-state index in [1.807, 2.05) is 6.79 Å². The Morgan fingerprint density at radius 3 is 1.62 bits per heavy atom. The lowest BCUT2D eigenvalue weighted by Crippen LogP contribution is -2.57. The summed E-state index contributed by atoms with van der Waals surface area (Å²) in [7, 11) is 0. The molecule has 1 aliphatic rings. The van der Waals surface area contributed by atoms with Crippen LogP contribution in [0.15, 0.2) is 0 Å². The van der Waals surface area contributed by atoms with Gasteiger partial charge in [-0.05, 0) is 46.5 Å². The highest BCUT2D eigenvalue weighted by Gasteiger charge is 2.35. The SMILES string of the molecule is C=O.CC1CC(C)(C)NC(C)(C)C1. The Labute approximate surface area is 82.1 Å². The number of nitrogens with one attached hydrogen (secondary N) is 1. The second kappa shape index (κ2) is 4.23. The molecule has 0 bridgehead atoms. The molecule has 1 heterocycles. The Kier molecular flexibility index (Phi) is 4.11. The highest BCUT2D eigenvalue weighted by atomic mass is 16.1. The molecule has 1 N–H and O–H groups in total. The van der Waals surface area contributed by atoms with Gasteiger partial charge in [0.1, 0.15) is 6.79 Å². The monoisotopic (exact) mass is 185 g/mol. The molecule has 0 atom stereocenters. The van der Waals surface area contributed by atoms with E-state index < -0.39 is 0 Å². The van der Waals surface area contributed by atoms with Crippen molar-refractivity contribution in [3.63, 3.8) is 0 Å². The molecule has 1 fully saturated rings. The minimum Gasteiger partial charge on any atom is -0.307 e. The molecule has 0 spiro atoms. The molecule has 1 saturated heterocycles. The first-order valence-electron chi connectivity index (χ1n) is 4.89. The Morgan fingerprint density at radius 2 is 1.38 bits per heavy atom. The summed E-state index contributed by atoms with van der Waals surface area (Å²) in [6.45, 7) is 13.5. The lowest BCUT2D eigenvalue weighted by atomic mass is 9.77. The van der Waals surface area contributed by atoms with Crippen molar-refractivity contribution in [1.82, 2.24) is 5.32 Å². The van der Waals surface area contributed by atoms with Crippen molar-refractivity contribution in [2.75, 3.05) is 0 Å². The van der Waals surface area contributed by atoms with Gasteiger partial charge < -0.3 is 10.1 Å². The van der Waals surface area contributed by atoms with Gasteiger partial charge in [0.25, 0.3) is 0 Å². The van der Waals surface area contributed by atoms with Crippen LogP contribution in [0.5, 0.6) is 0 Å². The fraction of sp³-hybridized carbons (Fsp3) is 0.909. The molecule has 2 heteroatoms. The molecule has 2 nitrogen and oxygen atoms in total. The van der Waals surface area contributed by atoms with E-state index in [2.05, 4.69) is 39.9 Å². The summed E-state index contributed by atoms with van der Waals surface area (Å²) < 4.78 is 0. The number of piperidine rings is 1. The molecule has 0 aromatic carbocycles. The summed E-state index contributed by atoms with van der Waals surface area (Å²) in [6.07, 6.45) is 2.60. The van der Waals surface area contributed by atoms with E-state index in [0.717, 1.165) is 5.92 Å². The van der Waals surface area contributed by atoms with Crippen LogP contribution in [0.2, 0.25) is 0 Å². The first kappa shape index (κ1) is 12.6. The van der Waals surface area contributed by atoms with Crippen molar-refractivity contribution in [2.24, 2.45) is 5.92 Å². The van der Waals surface area contributed by atoms with Crippen LogP contribution in [0.25, 0.3) is 0 Å². The molecule has 0 saturated carbocycles. The Balaban J connectivity index is 0.000000671. The first-order valence-corrected chi connectivity index (χ1v) is 4.89. The van der Waals surface area contributed by atoms with Gasteiger partial charge in [-0.1, -0.05) is 6.92 Å². The Bertz CT molecular complexity index is 147. The summed E-state index contributed by atoms with van der Waals surface area (Å²) in [4.78, 5) is 8.00. The molecule has 78 valence electrons. The van der Waals surface area contributed by atoms with Crippen LogP contribution in [-0.2, 0) is 4.79 Å². The molecule has 1 rings (SSSR count). The Morgan fingerprint density at radius 1 is 1.08 bits per heavy atom. The molecule has 0 aromatic heterocycles. The second-order valence-corrected chi connectivity index (χ2v) is 5.41. The molecule has 13 heavy (non-hydrogen) atoms. The lowest BCUT2D eigenvalue weighted by Gasteiger charge is -2.45. The fourth-order valence-electron chi connectivity index (χ4n) is 2.83. The maximum atomic E-state index is 8.00. The van der Waals surface area contributed by atoms with Crippen molar-refractivity contribution in [3.8, 4) is 0 Å². The van der Waals surface area contributed by atoms with Crippen molar-refractivity contribution in [2.45, 2.75) is 58.5 Å². The van der Waals surface area contributed by atoms with Gasteiger partial charge in [0, 0.05) is 11.1 Å². The second-order valence-electron chi connectivity index (χ2n) is 5.41. The minimum absolute atomic E-state index is 0.334. The summed E-state index contributed by atoms with van der Waals surface area (Å²) in [6, 6.07) is 0. The van der Waals surface area contributed by atoms with Crippen LogP contribution >= 0.6 is 0 Å². The maximum absolute atomic E-state index is 8.00. The fourth-order valence-corrected chi connectivity index (χ4v) is 2.83. The average Bonchev–Trinajstić information content (AvgIpc) is 1.82. The quantitative estimate of drug-likeness (QED) is 0.628. The highest BCUT2D eigenvalue weighted by molar-refractivity contribution is 5.11. The predicted molar refractivity (Wildman–Crippen MR) is 56.8 cm³/mol. The largest absolute Gasteiger partial charge is 0.307 e.